The number of aromatic nitrogens is 1. The highest BCUT2D eigenvalue weighted by Crippen LogP contribution is 2.45. The van der Waals surface area contributed by atoms with E-state index in [2.05, 4.69) is 126 Å². The molecular weight excluding hydrogens is 500 g/mol. The van der Waals surface area contributed by atoms with Gasteiger partial charge in [-0.2, -0.15) is 5.26 Å². The van der Waals surface area contributed by atoms with E-state index in [1.807, 2.05) is 18.2 Å². The van der Waals surface area contributed by atoms with E-state index in [1.54, 1.807) is 0 Å². The highest BCUT2D eigenvalue weighted by molar-refractivity contribution is 6.10. The Morgan fingerprint density at radius 3 is 1.85 bits per heavy atom. The second-order valence-electron chi connectivity index (χ2n) is 10.4. The van der Waals surface area contributed by atoms with Crippen LogP contribution in [0.5, 0.6) is 5.75 Å². The number of rotatable bonds is 3. The van der Waals surface area contributed by atoms with E-state index in [9.17, 15) is 5.26 Å². The number of fused-ring (bicyclic) bond motifs is 6. The molecule has 0 saturated carbocycles. The van der Waals surface area contributed by atoms with Crippen LogP contribution >= 0.6 is 0 Å². The van der Waals surface area contributed by atoms with Crippen LogP contribution in [-0.4, -0.2) is 4.57 Å². The monoisotopic (exact) mass is 524 g/mol. The van der Waals surface area contributed by atoms with Crippen molar-refractivity contribution in [1.29, 1.82) is 5.26 Å². The van der Waals surface area contributed by atoms with Gasteiger partial charge in [0.25, 0.3) is 0 Å². The van der Waals surface area contributed by atoms with Crippen molar-refractivity contribution in [2.45, 2.75) is 6.61 Å². The number of nitriles is 1. The fraction of sp³-hybridized carbons (Fsp3) is 0.0263. The molecule has 7 aromatic rings. The normalized spacial score (nSPS) is 12.0. The van der Waals surface area contributed by atoms with Crippen LogP contribution in [0.2, 0.25) is 0 Å². The second-order valence-corrected chi connectivity index (χ2v) is 10.4. The molecule has 0 spiro atoms. The van der Waals surface area contributed by atoms with Gasteiger partial charge in [0.05, 0.1) is 22.3 Å². The summed E-state index contributed by atoms with van der Waals surface area (Å²) in [4.78, 5) is 0. The molecule has 0 N–H and O–H groups in total. The van der Waals surface area contributed by atoms with Gasteiger partial charge in [-0.25, -0.2) is 0 Å². The summed E-state index contributed by atoms with van der Waals surface area (Å²) in [7, 11) is 0. The zero-order chi connectivity index (χ0) is 27.3. The standard InChI is InChI=1S/C38H24N2O/c39-23-33-26(16-10-17-27(33)31-18-9-11-25-24-41-37-22-8-4-15-32(37)38(25)31)28-12-1-5-19-34(28)40-35-20-6-2-13-29(35)30-14-3-7-21-36(30)40/h1-22H,24H2. The lowest BCUT2D eigenvalue weighted by molar-refractivity contribution is 0.302. The highest BCUT2D eigenvalue weighted by Gasteiger charge is 2.24. The van der Waals surface area contributed by atoms with Gasteiger partial charge in [0.15, 0.2) is 0 Å². The van der Waals surface area contributed by atoms with Crippen molar-refractivity contribution in [3.05, 3.63) is 145 Å². The summed E-state index contributed by atoms with van der Waals surface area (Å²) in [5, 5.41) is 13.1. The number of nitrogens with zero attached hydrogens (tertiary/aromatic N) is 2. The predicted octanol–water partition coefficient (Wildman–Crippen LogP) is 9.55. The van der Waals surface area contributed by atoms with E-state index >= 15 is 0 Å². The lowest BCUT2D eigenvalue weighted by Crippen LogP contribution is -2.07. The summed E-state index contributed by atoms with van der Waals surface area (Å²) in [5.41, 5.74) is 11.2. The average Bonchev–Trinajstić information content (AvgIpc) is 3.38. The molecule has 41 heavy (non-hydrogen) atoms. The van der Waals surface area contributed by atoms with Crippen LogP contribution in [-0.2, 0) is 6.61 Å². The lowest BCUT2D eigenvalue weighted by atomic mass is 9.85. The van der Waals surface area contributed by atoms with Gasteiger partial charge in [-0.3, -0.25) is 0 Å². The Morgan fingerprint density at radius 1 is 0.537 bits per heavy atom. The molecule has 192 valence electrons. The van der Waals surface area contributed by atoms with Gasteiger partial charge in [-0.1, -0.05) is 109 Å². The van der Waals surface area contributed by atoms with E-state index in [1.165, 1.54) is 10.8 Å². The van der Waals surface area contributed by atoms with Gasteiger partial charge in [-0.05, 0) is 41.0 Å². The van der Waals surface area contributed by atoms with Crippen LogP contribution in [0.1, 0.15) is 11.1 Å². The molecule has 2 heterocycles. The zero-order valence-electron chi connectivity index (χ0n) is 22.2. The van der Waals surface area contributed by atoms with Crippen molar-refractivity contribution in [2.24, 2.45) is 0 Å². The number of benzene rings is 6. The second kappa shape index (κ2) is 9.26. The Balaban J connectivity index is 1.39. The molecule has 6 aromatic carbocycles. The quantitative estimate of drug-likeness (QED) is 0.231. The third-order valence-electron chi connectivity index (χ3n) is 8.17. The molecule has 1 aliphatic heterocycles. The third kappa shape index (κ3) is 3.51. The fourth-order valence-electron chi connectivity index (χ4n) is 6.42. The van der Waals surface area contributed by atoms with Crippen LogP contribution < -0.4 is 4.74 Å². The molecule has 0 fully saturated rings. The molecule has 8 rings (SSSR count). The predicted molar refractivity (Wildman–Crippen MR) is 166 cm³/mol. The van der Waals surface area contributed by atoms with Crippen LogP contribution in [0, 0.1) is 11.3 Å². The topological polar surface area (TPSA) is 38.0 Å². The molecule has 0 aliphatic carbocycles. The summed E-state index contributed by atoms with van der Waals surface area (Å²) in [6.07, 6.45) is 0. The Kier molecular flexibility index (Phi) is 5.26. The Labute approximate surface area is 238 Å². The minimum atomic E-state index is 0.512. The van der Waals surface area contributed by atoms with Crippen molar-refractivity contribution >= 4 is 21.8 Å². The first-order valence-corrected chi connectivity index (χ1v) is 13.8. The summed E-state index contributed by atoms with van der Waals surface area (Å²) < 4.78 is 8.38. The molecule has 1 aliphatic rings. The van der Waals surface area contributed by atoms with Gasteiger partial charge < -0.3 is 9.30 Å². The van der Waals surface area contributed by atoms with E-state index < -0.39 is 0 Å². The SMILES string of the molecule is N#Cc1c(-c2ccccc2-n2c3ccccc3c3ccccc32)cccc1-c1cccc2c1-c1ccccc1OC2. The molecule has 0 unspecified atom stereocenters. The largest absolute Gasteiger partial charge is 0.488 e. The zero-order valence-corrected chi connectivity index (χ0v) is 22.2. The van der Waals surface area contributed by atoms with Crippen LogP contribution in [0.25, 0.3) is 60.9 Å². The van der Waals surface area contributed by atoms with Crippen molar-refractivity contribution in [3.8, 4) is 50.9 Å². The Morgan fingerprint density at radius 2 is 1.10 bits per heavy atom. The first kappa shape index (κ1) is 23.3. The lowest BCUT2D eigenvalue weighted by Gasteiger charge is -2.24. The molecule has 1 aromatic heterocycles. The van der Waals surface area contributed by atoms with Gasteiger partial charge in [0, 0.05) is 33.0 Å². The van der Waals surface area contributed by atoms with Crippen LogP contribution in [0.4, 0.5) is 0 Å². The summed E-state index contributed by atoms with van der Waals surface area (Å²) in [5.74, 6) is 0.874. The maximum absolute atomic E-state index is 10.7. The van der Waals surface area contributed by atoms with Gasteiger partial charge in [0.1, 0.15) is 18.4 Å². The fourth-order valence-corrected chi connectivity index (χ4v) is 6.42. The summed E-state index contributed by atoms with van der Waals surface area (Å²) in [6.45, 7) is 0.512. The highest BCUT2D eigenvalue weighted by atomic mass is 16.5. The minimum Gasteiger partial charge on any atom is -0.488 e. The smallest absolute Gasteiger partial charge is 0.127 e. The summed E-state index contributed by atoms with van der Waals surface area (Å²) in [6, 6.07) is 48.7. The van der Waals surface area contributed by atoms with Gasteiger partial charge in [-0.15, -0.1) is 0 Å². The Bertz CT molecular complexity index is 2130. The molecule has 0 radical (unpaired) electrons. The molecule has 0 atom stereocenters. The van der Waals surface area contributed by atoms with Crippen LogP contribution in [0.15, 0.2) is 133 Å². The van der Waals surface area contributed by atoms with E-state index in [0.29, 0.717) is 12.2 Å². The average molecular weight is 525 g/mol. The third-order valence-corrected chi connectivity index (χ3v) is 8.17. The van der Waals surface area contributed by atoms with E-state index in [0.717, 1.165) is 61.4 Å². The molecule has 3 nitrogen and oxygen atoms in total. The van der Waals surface area contributed by atoms with Crippen molar-refractivity contribution in [1.82, 2.24) is 4.57 Å². The van der Waals surface area contributed by atoms with Crippen molar-refractivity contribution in [2.75, 3.05) is 0 Å². The van der Waals surface area contributed by atoms with Crippen molar-refractivity contribution < 1.29 is 4.74 Å². The maximum Gasteiger partial charge on any atom is 0.127 e. The molecular formula is C38H24N2O. The number of hydrogen-bond acceptors (Lipinski definition) is 2. The van der Waals surface area contributed by atoms with E-state index in [-0.39, 0.29) is 0 Å². The van der Waals surface area contributed by atoms with Crippen LogP contribution in [0.3, 0.4) is 0 Å². The molecule has 0 amide bonds. The van der Waals surface area contributed by atoms with Crippen molar-refractivity contribution in [3.63, 3.8) is 0 Å². The number of para-hydroxylation sites is 4. The molecule has 3 heteroatoms. The van der Waals surface area contributed by atoms with Gasteiger partial charge >= 0.3 is 0 Å². The van der Waals surface area contributed by atoms with Gasteiger partial charge in [0.2, 0.25) is 0 Å². The molecule has 0 saturated heterocycles. The van der Waals surface area contributed by atoms with E-state index in [4.69, 9.17) is 4.74 Å². The minimum absolute atomic E-state index is 0.512. The number of hydrogen-bond donors (Lipinski definition) is 0. The first-order valence-electron chi connectivity index (χ1n) is 13.8. The number of ether oxygens (including phenoxy) is 1. The maximum atomic E-state index is 10.7. The Hall–Kier alpha value is -5.59. The molecule has 0 bridgehead atoms. The summed E-state index contributed by atoms with van der Waals surface area (Å²) >= 11 is 0. The first-order chi connectivity index (χ1) is 20.3.